The summed E-state index contributed by atoms with van der Waals surface area (Å²) in [4.78, 5) is 19.2. The number of aromatic nitrogens is 1. The van der Waals surface area contributed by atoms with E-state index in [0.29, 0.717) is 12.5 Å². The van der Waals surface area contributed by atoms with Crippen molar-refractivity contribution >= 4 is 27.5 Å². The van der Waals surface area contributed by atoms with E-state index in [-0.39, 0.29) is 11.9 Å². The molecule has 0 spiro atoms. The van der Waals surface area contributed by atoms with Gasteiger partial charge in [0.15, 0.2) is 0 Å². The van der Waals surface area contributed by atoms with E-state index >= 15 is 0 Å². The Balaban J connectivity index is 1.49. The van der Waals surface area contributed by atoms with Gasteiger partial charge in [0.2, 0.25) is 5.91 Å². The van der Waals surface area contributed by atoms with Crippen LogP contribution >= 0.6 is 11.3 Å². The fourth-order valence-electron chi connectivity index (χ4n) is 3.43. The van der Waals surface area contributed by atoms with Crippen molar-refractivity contribution < 1.29 is 4.79 Å². The number of carbonyl (C=O) groups excluding carboxylic acids is 1. The monoisotopic (exact) mass is 345 g/mol. The maximum Gasteiger partial charge on any atom is 0.234 e. The Morgan fingerprint density at radius 3 is 2.83 bits per heavy atom. The number of fused-ring (bicyclic) bond motifs is 1. The Hall–Kier alpha value is -1.46. The first-order valence-electron chi connectivity index (χ1n) is 9.03. The van der Waals surface area contributed by atoms with Crippen LogP contribution in [0.2, 0.25) is 0 Å². The van der Waals surface area contributed by atoms with Crippen LogP contribution in [-0.2, 0) is 4.79 Å². The van der Waals surface area contributed by atoms with Gasteiger partial charge in [-0.3, -0.25) is 9.69 Å². The van der Waals surface area contributed by atoms with Gasteiger partial charge in [-0.15, -0.1) is 11.3 Å². The summed E-state index contributed by atoms with van der Waals surface area (Å²) < 4.78 is 1.28. The average Bonchev–Trinajstić information content (AvgIpc) is 2.99. The summed E-state index contributed by atoms with van der Waals surface area (Å²) in [5.74, 6) is 0.704. The molecule has 0 bridgehead atoms. The Labute approximate surface area is 148 Å². The van der Waals surface area contributed by atoms with Gasteiger partial charge in [-0.2, -0.15) is 0 Å². The summed E-state index contributed by atoms with van der Waals surface area (Å²) in [5, 5.41) is 4.36. The number of hydrogen-bond donors (Lipinski definition) is 1. The van der Waals surface area contributed by atoms with Gasteiger partial charge in [0.1, 0.15) is 0 Å². The van der Waals surface area contributed by atoms with E-state index < -0.39 is 0 Å². The molecule has 5 heteroatoms. The largest absolute Gasteiger partial charge is 0.353 e. The predicted octanol–water partition coefficient (Wildman–Crippen LogP) is 3.78. The molecule has 1 atom stereocenters. The second kappa shape index (κ2) is 8.08. The highest BCUT2D eigenvalue weighted by atomic mass is 32.1. The first-order valence-corrected chi connectivity index (χ1v) is 9.84. The molecule has 1 fully saturated rings. The van der Waals surface area contributed by atoms with Crippen molar-refractivity contribution in [3.8, 4) is 0 Å². The lowest BCUT2D eigenvalue weighted by Gasteiger charge is -2.30. The third-order valence-corrected chi connectivity index (χ3v) is 5.94. The second-order valence-corrected chi connectivity index (χ2v) is 7.89. The van der Waals surface area contributed by atoms with Gasteiger partial charge in [-0.05, 0) is 51.4 Å². The van der Waals surface area contributed by atoms with Gasteiger partial charge >= 0.3 is 0 Å². The highest BCUT2D eigenvalue weighted by molar-refractivity contribution is 7.18. The molecule has 0 radical (unpaired) electrons. The highest BCUT2D eigenvalue weighted by Gasteiger charge is 2.24. The third kappa shape index (κ3) is 4.33. The van der Waals surface area contributed by atoms with E-state index in [1.165, 1.54) is 9.71 Å². The summed E-state index contributed by atoms with van der Waals surface area (Å²) >= 11 is 1.82. The Bertz CT molecular complexity index is 643. The maximum atomic E-state index is 12.1. The standard InChI is InChI=1S/C19H27N3OS/c1-3-6-14(2)20-18(23)13-22-11-9-15(10-12-22)19-21-16-7-4-5-8-17(16)24-19/h4-5,7-8,14-15H,3,6,9-13H2,1-2H3,(H,20,23). The molecule has 2 aromatic rings. The number of hydrogen-bond acceptors (Lipinski definition) is 4. The molecule has 1 N–H and O–H groups in total. The van der Waals surface area contributed by atoms with Gasteiger partial charge < -0.3 is 5.32 Å². The lowest BCUT2D eigenvalue weighted by molar-refractivity contribution is -0.123. The minimum Gasteiger partial charge on any atom is -0.353 e. The number of rotatable bonds is 6. The van der Waals surface area contributed by atoms with E-state index in [1.54, 1.807) is 0 Å². The molecule has 4 nitrogen and oxygen atoms in total. The van der Waals surface area contributed by atoms with E-state index in [2.05, 4.69) is 42.3 Å². The summed E-state index contributed by atoms with van der Waals surface area (Å²) in [7, 11) is 0. The molecule has 24 heavy (non-hydrogen) atoms. The highest BCUT2D eigenvalue weighted by Crippen LogP contribution is 2.33. The number of likely N-dealkylation sites (tertiary alicyclic amines) is 1. The lowest BCUT2D eigenvalue weighted by Crippen LogP contribution is -2.43. The van der Waals surface area contributed by atoms with Gasteiger partial charge in [0, 0.05) is 12.0 Å². The average molecular weight is 346 g/mol. The first-order chi connectivity index (χ1) is 11.7. The molecule has 1 saturated heterocycles. The predicted molar refractivity (Wildman–Crippen MR) is 101 cm³/mol. The van der Waals surface area contributed by atoms with Crippen molar-refractivity contribution in [1.29, 1.82) is 0 Å². The van der Waals surface area contributed by atoms with Gasteiger partial charge in [-0.25, -0.2) is 4.98 Å². The van der Waals surface area contributed by atoms with Gasteiger partial charge in [-0.1, -0.05) is 25.5 Å². The van der Waals surface area contributed by atoms with Crippen LogP contribution in [0.25, 0.3) is 10.2 Å². The summed E-state index contributed by atoms with van der Waals surface area (Å²) in [5.41, 5.74) is 1.12. The number of carbonyl (C=O) groups is 1. The van der Waals surface area contributed by atoms with Crippen LogP contribution in [0.1, 0.15) is 50.5 Å². The quantitative estimate of drug-likeness (QED) is 0.866. The summed E-state index contributed by atoms with van der Waals surface area (Å²) in [6, 6.07) is 8.64. The van der Waals surface area contributed by atoms with Crippen LogP contribution in [0.5, 0.6) is 0 Å². The molecule has 130 valence electrons. The van der Waals surface area contributed by atoms with Crippen LogP contribution in [0.3, 0.4) is 0 Å². The molecule has 3 rings (SSSR count). The zero-order chi connectivity index (χ0) is 16.9. The van der Waals surface area contributed by atoms with E-state index in [9.17, 15) is 4.79 Å². The fraction of sp³-hybridized carbons (Fsp3) is 0.579. The smallest absolute Gasteiger partial charge is 0.234 e. The van der Waals surface area contributed by atoms with E-state index in [0.717, 1.165) is 44.3 Å². The number of benzene rings is 1. The molecule has 0 saturated carbocycles. The van der Waals surface area contributed by atoms with Crippen molar-refractivity contribution in [3.05, 3.63) is 29.3 Å². The van der Waals surface area contributed by atoms with Crippen molar-refractivity contribution in [2.45, 2.75) is 51.5 Å². The molecular formula is C19H27N3OS. The minimum absolute atomic E-state index is 0.161. The van der Waals surface area contributed by atoms with Crippen LogP contribution < -0.4 is 5.32 Å². The number of piperidine rings is 1. The number of thiazole rings is 1. The molecule has 1 amide bonds. The molecule has 1 aromatic carbocycles. The zero-order valence-corrected chi connectivity index (χ0v) is 15.4. The van der Waals surface area contributed by atoms with Crippen LogP contribution in [0.15, 0.2) is 24.3 Å². The van der Waals surface area contributed by atoms with E-state index in [4.69, 9.17) is 4.98 Å². The molecule has 2 heterocycles. The maximum absolute atomic E-state index is 12.1. The summed E-state index contributed by atoms with van der Waals surface area (Å²) in [6.45, 7) is 6.73. The second-order valence-electron chi connectivity index (χ2n) is 6.83. The van der Waals surface area contributed by atoms with Crippen LogP contribution in [-0.4, -0.2) is 41.5 Å². The summed E-state index contributed by atoms with van der Waals surface area (Å²) in [6.07, 6.45) is 4.34. The minimum atomic E-state index is 0.161. The molecular weight excluding hydrogens is 318 g/mol. The van der Waals surface area contributed by atoms with Crippen LogP contribution in [0, 0.1) is 0 Å². The van der Waals surface area contributed by atoms with Crippen molar-refractivity contribution in [1.82, 2.24) is 15.2 Å². The SMILES string of the molecule is CCCC(C)NC(=O)CN1CCC(c2nc3ccccc3s2)CC1. The Morgan fingerprint density at radius 1 is 1.38 bits per heavy atom. The normalized spacial score (nSPS) is 17.9. The number of amides is 1. The number of nitrogens with one attached hydrogen (secondary N) is 1. The lowest BCUT2D eigenvalue weighted by atomic mass is 9.97. The topological polar surface area (TPSA) is 45.2 Å². The fourth-order valence-corrected chi connectivity index (χ4v) is 4.57. The molecule has 1 aromatic heterocycles. The molecule has 1 aliphatic heterocycles. The zero-order valence-electron chi connectivity index (χ0n) is 14.6. The molecule has 1 unspecified atom stereocenters. The molecule has 0 aliphatic carbocycles. The van der Waals surface area contributed by atoms with Crippen molar-refractivity contribution in [2.24, 2.45) is 0 Å². The Kier molecular flexibility index (Phi) is 5.85. The molecule has 1 aliphatic rings. The van der Waals surface area contributed by atoms with Crippen molar-refractivity contribution in [3.63, 3.8) is 0 Å². The third-order valence-electron chi connectivity index (χ3n) is 4.74. The van der Waals surface area contributed by atoms with Crippen molar-refractivity contribution in [2.75, 3.05) is 19.6 Å². The number of nitrogens with zero attached hydrogens (tertiary/aromatic N) is 2. The van der Waals surface area contributed by atoms with E-state index in [1.807, 2.05) is 17.4 Å². The Morgan fingerprint density at radius 2 is 2.12 bits per heavy atom. The number of para-hydroxylation sites is 1. The van der Waals surface area contributed by atoms with Crippen LogP contribution in [0.4, 0.5) is 0 Å². The first kappa shape index (κ1) is 17.4. The van der Waals surface area contributed by atoms with Gasteiger partial charge in [0.05, 0.1) is 21.8 Å². The van der Waals surface area contributed by atoms with Gasteiger partial charge in [0.25, 0.3) is 0 Å².